The summed E-state index contributed by atoms with van der Waals surface area (Å²) in [6.07, 6.45) is 1.70. The number of nitrogens with zero attached hydrogens (tertiary/aromatic N) is 2. The molecule has 174 valence electrons. The molecule has 0 saturated carbocycles. The minimum atomic E-state index is -4.01. The Morgan fingerprint density at radius 2 is 1.71 bits per heavy atom. The van der Waals surface area contributed by atoms with Crippen molar-refractivity contribution in [2.24, 2.45) is 0 Å². The van der Waals surface area contributed by atoms with Gasteiger partial charge in [0.2, 0.25) is 0 Å². The van der Waals surface area contributed by atoms with Gasteiger partial charge in [0, 0.05) is 23.1 Å². The van der Waals surface area contributed by atoms with Gasteiger partial charge in [0.1, 0.15) is 11.6 Å². The topological polar surface area (TPSA) is 102 Å². The Morgan fingerprint density at radius 1 is 1.00 bits per heavy atom. The van der Waals surface area contributed by atoms with Crippen LogP contribution in [0, 0.1) is 12.7 Å². The summed E-state index contributed by atoms with van der Waals surface area (Å²) in [5.74, 6) is -0.669. The van der Waals surface area contributed by atoms with Gasteiger partial charge in [0.15, 0.2) is 0 Å². The Hall–Kier alpha value is -4.18. The molecule has 0 spiro atoms. The van der Waals surface area contributed by atoms with E-state index in [1.807, 2.05) is 13.0 Å². The van der Waals surface area contributed by atoms with Gasteiger partial charge in [0.05, 0.1) is 23.4 Å². The standard InChI is InChI=1S/C24H21FN4O4S/c1-16-13-14-26-29(16)20-8-3-17(4-9-20)24(30)27-19-7-12-23(33-2)22(15-19)28-34(31,32)21-10-5-18(25)6-11-21/h3-15,28H,1-2H3,(H,27,30). The van der Waals surface area contributed by atoms with E-state index in [9.17, 15) is 17.6 Å². The van der Waals surface area contributed by atoms with Gasteiger partial charge in [0.25, 0.3) is 15.9 Å². The number of hydrogen-bond acceptors (Lipinski definition) is 5. The second kappa shape index (κ2) is 9.36. The number of nitrogens with one attached hydrogen (secondary N) is 2. The molecule has 4 aromatic rings. The van der Waals surface area contributed by atoms with E-state index >= 15 is 0 Å². The second-order valence-corrected chi connectivity index (χ2v) is 9.04. The third-order valence-corrected chi connectivity index (χ3v) is 6.41. The van der Waals surface area contributed by atoms with Gasteiger partial charge in [-0.05, 0) is 79.7 Å². The first-order chi connectivity index (χ1) is 16.3. The third kappa shape index (κ3) is 4.91. The minimum Gasteiger partial charge on any atom is -0.495 e. The van der Waals surface area contributed by atoms with E-state index in [1.54, 1.807) is 41.2 Å². The summed E-state index contributed by atoms with van der Waals surface area (Å²) in [5, 5.41) is 6.99. The molecule has 4 rings (SSSR count). The number of rotatable bonds is 7. The van der Waals surface area contributed by atoms with Crippen molar-refractivity contribution in [1.82, 2.24) is 9.78 Å². The summed E-state index contributed by atoms with van der Waals surface area (Å²) in [5.41, 5.74) is 2.67. The van der Waals surface area contributed by atoms with Crippen LogP contribution in [0.5, 0.6) is 5.75 Å². The molecule has 8 nitrogen and oxygen atoms in total. The molecule has 0 unspecified atom stereocenters. The highest BCUT2D eigenvalue weighted by molar-refractivity contribution is 7.92. The zero-order chi connectivity index (χ0) is 24.3. The number of amides is 1. The fraction of sp³-hybridized carbons (Fsp3) is 0.0833. The molecule has 0 bridgehead atoms. The van der Waals surface area contributed by atoms with E-state index in [-0.39, 0.29) is 22.2 Å². The fourth-order valence-electron chi connectivity index (χ4n) is 3.28. The molecule has 3 aromatic carbocycles. The first kappa shape index (κ1) is 23.0. The van der Waals surface area contributed by atoms with Crippen LogP contribution in [0.25, 0.3) is 5.69 Å². The fourth-order valence-corrected chi connectivity index (χ4v) is 4.34. The molecular weight excluding hydrogens is 459 g/mol. The molecule has 1 aromatic heterocycles. The lowest BCUT2D eigenvalue weighted by Crippen LogP contribution is -2.15. The Kier molecular flexibility index (Phi) is 6.33. The smallest absolute Gasteiger partial charge is 0.262 e. The molecule has 0 aliphatic rings. The summed E-state index contributed by atoms with van der Waals surface area (Å²) in [7, 11) is -2.61. The van der Waals surface area contributed by atoms with Gasteiger partial charge < -0.3 is 10.1 Å². The Balaban J connectivity index is 1.54. The molecule has 1 heterocycles. The van der Waals surface area contributed by atoms with Crippen molar-refractivity contribution in [2.75, 3.05) is 17.1 Å². The van der Waals surface area contributed by atoms with Gasteiger partial charge in [-0.2, -0.15) is 5.10 Å². The number of ether oxygens (including phenoxy) is 1. The molecule has 0 fully saturated rings. The van der Waals surface area contributed by atoms with Crippen LogP contribution in [0.15, 0.2) is 83.9 Å². The van der Waals surface area contributed by atoms with Crippen molar-refractivity contribution in [3.05, 3.63) is 96.1 Å². The van der Waals surface area contributed by atoms with E-state index in [0.29, 0.717) is 11.3 Å². The molecule has 0 aliphatic carbocycles. The van der Waals surface area contributed by atoms with Crippen LogP contribution in [0.2, 0.25) is 0 Å². The highest BCUT2D eigenvalue weighted by Crippen LogP contribution is 2.30. The van der Waals surface area contributed by atoms with Crippen LogP contribution in [0.3, 0.4) is 0 Å². The Bertz CT molecular complexity index is 1430. The van der Waals surface area contributed by atoms with E-state index in [2.05, 4.69) is 15.1 Å². The van der Waals surface area contributed by atoms with Gasteiger partial charge in [-0.25, -0.2) is 17.5 Å². The van der Waals surface area contributed by atoms with E-state index in [0.717, 1.165) is 35.6 Å². The lowest BCUT2D eigenvalue weighted by molar-refractivity contribution is 0.102. The van der Waals surface area contributed by atoms with Crippen molar-refractivity contribution >= 4 is 27.3 Å². The number of benzene rings is 3. The largest absolute Gasteiger partial charge is 0.495 e. The number of carbonyl (C=O) groups is 1. The summed E-state index contributed by atoms with van der Waals surface area (Å²) in [6, 6.07) is 17.8. The van der Waals surface area contributed by atoms with Crippen LogP contribution in [0.4, 0.5) is 15.8 Å². The first-order valence-electron chi connectivity index (χ1n) is 10.2. The number of aryl methyl sites for hydroxylation is 1. The average Bonchev–Trinajstić information content (AvgIpc) is 3.25. The van der Waals surface area contributed by atoms with Crippen molar-refractivity contribution in [2.45, 2.75) is 11.8 Å². The first-order valence-corrected chi connectivity index (χ1v) is 11.6. The van der Waals surface area contributed by atoms with Crippen molar-refractivity contribution in [3.63, 3.8) is 0 Å². The lowest BCUT2D eigenvalue weighted by atomic mass is 10.2. The highest BCUT2D eigenvalue weighted by atomic mass is 32.2. The molecule has 0 atom stereocenters. The maximum atomic E-state index is 13.2. The zero-order valence-corrected chi connectivity index (χ0v) is 19.1. The van der Waals surface area contributed by atoms with E-state index in [1.165, 1.54) is 19.2 Å². The molecule has 34 heavy (non-hydrogen) atoms. The van der Waals surface area contributed by atoms with Crippen LogP contribution in [-0.4, -0.2) is 31.2 Å². The third-order valence-electron chi connectivity index (χ3n) is 5.03. The van der Waals surface area contributed by atoms with Gasteiger partial charge in [-0.3, -0.25) is 9.52 Å². The normalized spacial score (nSPS) is 11.1. The number of carbonyl (C=O) groups excluding carboxylic acids is 1. The number of sulfonamides is 1. The number of halogens is 1. The minimum absolute atomic E-state index is 0.113. The van der Waals surface area contributed by atoms with Gasteiger partial charge >= 0.3 is 0 Å². The quantitative estimate of drug-likeness (QED) is 0.409. The summed E-state index contributed by atoms with van der Waals surface area (Å²) in [4.78, 5) is 12.6. The second-order valence-electron chi connectivity index (χ2n) is 7.36. The summed E-state index contributed by atoms with van der Waals surface area (Å²) in [6.45, 7) is 1.93. The SMILES string of the molecule is COc1ccc(NC(=O)c2ccc(-n3nccc3C)cc2)cc1NS(=O)(=O)c1ccc(F)cc1. The molecule has 0 radical (unpaired) electrons. The molecule has 0 aliphatic heterocycles. The van der Waals surface area contributed by atoms with Crippen molar-refractivity contribution < 1.29 is 22.3 Å². The summed E-state index contributed by atoms with van der Waals surface area (Å²) >= 11 is 0. The number of hydrogen-bond donors (Lipinski definition) is 2. The average molecular weight is 481 g/mol. The monoisotopic (exact) mass is 480 g/mol. The van der Waals surface area contributed by atoms with Crippen molar-refractivity contribution in [1.29, 1.82) is 0 Å². The molecule has 2 N–H and O–H groups in total. The summed E-state index contributed by atoms with van der Waals surface area (Å²) < 4.78 is 48.0. The zero-order valence-electron chi connectivity index (χ0n) is 18.3. The highest BCUT2D eigenvalue weighted by Gasteiger charge is 2.18. The predicted molar refractivity (Wildman–Crippen MR) is 126 cm³/mol. The Labute approximate surface area is 196 Å². The predicted octanol–water partition coefficient (Wildman–Crippen LogP) is 4.38. The maximum Gasteiger partial charge on any atom is 0.262 e. The number of aromatic nitrogens is 2. The van der Waals surface area contributed by atoms with Crippen LogP contribution < -0.4 is 14.8 Å². The number of anilines is 2. The van der Waals surface area contributed by atoms with Crippen LogP contribution >= 0.6 is 0 Å². The number of methoxy groups -OCH3 is 1. The molecule has 0 saturated heterocycles. The van der Waals surface area contributed by atoms with Crippen molar-refractivity contribution in [3.8, 4) is 11.4 Å². The molecule has 10 heteroatoms. The molecule has 1 amide bonds. The lowest BCUT2D eigenvalue weighted by Gasteiger charge is -2.14. The Morgan fingerprint density at radius 3 is 2.32 bits per heavy atom. The van der Waals surface area contributed by atoms with E-state index < -0.39 is 15.8 Å². The molecular formula is C24H21FN4O4S. The van der Waals surface area contributed by atoms with Crippen LogP contribution in [-0.2, 0) is 10.0 Å². The maximum absolute atomic E-state index is 13.2. The van der Waals surface area contributed by atoms with Gasteiger partial charge in [-0.1, -0.05) is 0 Å². The van der Waals surface area contributed by atoms with Gasteiger partial charge in [-0.15, -0.1) is 0 Å². The van der Waals surface area contributed by atoms with Crippen LogP contribution in [0.1, 0.15) is 16.1 Å². The van der Waals surface area contributed by atoms with E-state index in [4.69, 9.17) is 4.74 Å².